The molecule has 0 spiro atoms. The van der Waals surface area contributed by atoms with E-state index in [1.807, 2.05) is 58.9 Å². The van der Waals surface area contributed by atoms with Gasteiger partial charge in [0.25, 0.3) is 5.91 Å². The number of nitrogens with zero attached hydrogens (tertiary/aromatic N) is 5. The Morgan fingerprint density at radius 3 is 2.36 bits per heavy atom. The molecule has 3 aromatic carbocycles. The maximum Gasteiger partial charge on any atom is 0.326 e. The van der Waals surface area contributed by atoms with Crippen LogP contribution in [0.5, 0.6) is 5.75 Å². The Labute approximate surface area is 403 Å². The molecule has 0 saturated carbocycles. The summed E-state index contributed by atoms with van der Waals surface area (Å²) in [6.07, 6.45) is 6.22. The van der Waals surface area contributed by atoms with E-state index in [2.05, 4.69) is 26.0 Å². The van der Waals surface area contributed by atoms with Crippen LogP contribution in [0.15, 0.2) is 66.4 Å². The van der Waals surface area contributed by atoms with E-state index in [0.717, 1.165) is 41.0 Å². The van der Waals surface area contributed by atoms with Crippen LogP contribution in [0.1, 0.15) is 89.9 Å². The number of aromatic hydroxyl groups is 1. The van der Waals surface area contributed by atoms with Gasteiger partial charge in [-0.05, 0) is 66.3 Å². The molecule has 69 heavy (non-hydrogen) atoms. The van der Waals surface area contributed by atoms with E-state index in [9.17, 15) is 42.6 Å². The summed E-state index contributed by atoms with van der Waals surface area (Å²) in [5, 5.41) is 34.5. The lowest BCUT2D eigenvalue weighted by Gasteiger charge is -2.35. The van der Waals surface area contributed by atoms with Gasteiger partial charge in [-0.15, -0.1) is 11.3 Å². The highest BCUT2D eigenvalue weighted by Crippen LogP contribution is 2.40. The van der Waals surface area contributed by atoms with Crippen molar-refractivity contribution in [2.24, 2.45) is 5.41 Å². The number of carbonyl (C=O) groups is 5. The van der Waals surface area contributed by atoms with Gasteiger partial charge in [0.1, 0.15) is 36.6 Å². The van der Waals surface area contributed by atoms with Crippen molar-refractivity contribution >= 4 is 67.5 Å². The minimum absolute atomic E-state index is 0.00838. The molecule has 4 unspecified atom stereocenters. The molecule has 0 aliphatic carbocycles. The number of halogens is 1. The fraction of sp³-hybridized carbons (Fsp3) is 0.438. The van der Waals surface area contributed by atoms with Gasteiger partial charge in [0.2, 0.25) is 23.6 Å². The quantitative estimate of drug-likeness (QED) is 0.0639. The summed E-state index contributed by atoms with van der Waals surface area (Å²) < 4.78 is 44.2. The lowest BCUT2D eigenvalue weighted by atomic mass is 9.85. The number of aliphatic hydroxyl groups excluding tert-OH is 1. The highest BCUT2D eigenvalue weighted by Gasteiger charge is 2.45. The van der Waals surface area contributed by atoms with Gasteiger partial charge in [-0.3, -0.25) is 28.7 Å². The molecule has 2 fully saturated rings. The first-order valence-electron chi connectivity index (χ1n) is 22.9. The van der Waals surface area contributed by atoms with Gasteiger partial charge in [0.05, 0.1) is 34.4 Å². The van der Waals surface area contributed by atoms with Crippen LogP contribution in [0.25, 0.3) is 32.3 Å². The van der Waals surface area contributed by atoms with E-state index >= 15 is 4.39 Å². The Morgan fingerprint density at radius 1 is 0.971 bits per heavy atom. The number of fused-ring (bicyclic) bond motifs is 1. The maximum absolute atomic E-state index is 15.7. The summed E-state index contributed by atoms with van der Waals surface area (Å²) in [4.78, 5) is 72.2. The normalized spacial score (nSPS) is 17.7. The number of aryl methyl sites for hydroxylation is 1. The van der Waals surface area contributed by atoms with Crippen molar-refractivity contribution in [1.29, 1.82) is 0 Å². The number of anilines is 1. The third kappa shape index (κ3) is 11.9. The fourth-order valence-electron chi connectivity index (χ4n) is 8.61. The lowest BCUT2D eigenvalue weighted by Crippen LogP contribution is -2.57. The average Bonchev–Trinajstić information content (AvgIpc) is 4.09. The van der Waals surface area contributed by atoms with E-state index < -0.39 is 69.4 Å². The number of hydrogen-bond acceptors (Lipinski definition) is 12. The van der Waals surface area contributed by atoms with Gasteiger partial charge in [0, 0.05) is 43.1 Å². The number of rotatable bonds is 18. The monoisotopic (exact) mass is 987 g/mol. The predicted molar refractivity (Wildman–Crippen MR) is 258 cm³/mol. The molecule has 7 rings (SSSR count). The van der Waals surface area contributed by atoms with Crippen LogP contribution in [0, 0.1) is 18.2 Å². The number of amides is 5. The van der Waals surface area contributed by atoms with E-state index in [0.29, 0.717) is 40.2 Å². The molecule has 0 bridgehead atoms. The van der Waals surface area contributed by atoms with Crippen LogP contribution >= 0.6 is 11.3 Å². The molecular formula is C48H58FN9O9S2. The number of unbranched alkanes of at least 4 members (excludes halogenated alkanes) is 4. The average molecular weight is 988 g/mol. The summed E-state index contributed by atoms with van der Waals surface area (Å²) in [5.74, 6) is -3.86. The van der Waals surface area contributed by atoms with Crippen molar-refractivity contribution in [3.8, 4) is 27.3 Å². The molecule has 4 heterocycles. The van der Waals surface area contributed by atoms with Gasteiger partial charge in [0.15, 0.2) is 5.82 Å². The van der Waals surface area contributed by atoms with Crippen molar-refractivity contribution in [2.75, 3.05) is 23.9 Å². The van der Waals surface area contributed by atoms with Crippen molar-refractivity contribution in [3.05, 3.63) is 83.5 Å². The molecule has 5 aromatic rings. The van der Waals surface area contributed by atoms with Crippen molar-refractivity contribution in [3.63, 3.8) is 0 Å². The van der Waals surface area contributed by atoms with Crippen molar-refractivity contribution in [1.82, 2.24) is 40.3 Å². The summed E-state index contributed by atoms with van der Waals surface area (Å²) >= 11 is 1.56. The zero-order valence-corrected chi connectivity index (χ0v) is 40.8. The highest BCUT2D eigenvalue weighted by atomic mass is 32.2. The summed E-state index contributed by atoms with van der Waals surface area (Å²) in [6.45, 7) is 9.03. The minimum Gasteiger partial charge on any atom is -0.506 e. The molecule has 5 amide bonds. The third-order valence-corrected chi connectivity index (χ3v) is 14.7. The number of thiazole rings is 1. The minimum atomic E-state index is -4.37. The summed E-state index contributed by atoms with van der Waals surface area (Å²) in [5.41, 5.74) is 4.44. The number of aromatic nitrogens is 3. The van der Waals surface area contributed by atoms with Gasteiger partial charge >= 0.3 is 10.2 Å². The number of likely N-dealkylation sites (tertiary alicyclic amines) is 1. The fourth-order valence-corrected chi connectivity index (χ4v) is 10.6. The Kier molecular flexibility index (Phi) is 15.4. The van der Waals surface area contributed by atoms with Gasteiger partial charge < -0.3 is 31.1 Å². The molecule has 2 saturated heterocycles. The molecule has 0 radical (unpaired) electrons. The van der Waals surface area contributed by atoms with Crippen LogP contribution in [-0.2, 0) is 40.7 Å². The first-order valence-corrected chi connectivity index (χ1v) is 25.2. The molecule has 18 nitrogen and oxygen atoms in total. The van der Waals surface area contributed by atoms with E-state index in [4.69, 9.17) is 0 Å². The number of β-amino-alcohol motifs (C(OH)–C–C–N with tert-alkyl or cyclic N) is 1. The van der Waals surface area contributed by atoms with E-state index in [-0.39, 0.29) is 55.1 Å². The van der Waals surface area contributed by atoms with Crippen molar-refractivity contribution < 1.29 is 47.0 Å². The zero-order chi connectivity index (χ0) is 49.8. The Bertz CT molecular complexity index is 2850. The lowest BCUT2D eigenvalue weighted by molar-refractivity contribution is -0.144. The van der Waals surface area contributed by atoms with Crippen LogP contribution in [0.2, 0.25) is 0 Å². The summed E-state index contributed by atoms with van der Waals surface area (Å²) in [7, 11) is -4.37. The number of phenols is 1. The molecule has 2 aromatic heterocycles. The molecule has 4 atom stereocenters. The molecule has 6 N–H and O–H groups in total. The zero-order valence-electron chi connectivity index (χ0n) is 39.1. The molecule has 368 valence electrons. The Balaban J connectivity index is 0.821. The second kappa shape index (κ2) is 21.0. The molecule has 21 heteroatoms. The topological polar surface area (TPSA) is 245 Å². The first-order chi connectivity index (χ1) is 32.7. The standard InChI is InChI=1S/C48H58FN9O9S2/c1-28(30-12-14-31(15-13-30)44-29(2)51-27-68-44)53-46(64)37-21-35(59)24-57(37)47(65)45(48(3,4)5)54-39(61)11-9-7-6-8-10-18-50-40(62)25-56-23-34(22-52-56)32-16-17-33-20-38(60)43(42(49)36(33)19-32)58-26-41(63)55-69(58,66)67/h12-17,19-20,22-23,27-28,35,37,45,59-60H,6-11,18,21,24-26H2,1-5H3,(H,50,62)(H,53,64)(H,54,61)(H,55,63). The van der Waals surface area contributed by atoms with E-state index in [1.165, 1.54) is 27.9 Å². The van der Waals surface area contributed by atoms with E-state index in [1.54, 1.807) is 39.9 Å². The number of benzene rings is 3. The Morgan fingerprint density at radius 2 is 1.68 bits per heavy atom. The predicted octanol–water partition coefficient (Wildman–Crippen LogP) is 4.99. The number of phenolic OH excluding ortho intramolecular Hbond substituents is 1. The van der Waals surface area contributed by atoms with Crippen molar-refractivity contribution in [2.45, 2.75) is 110 Å². The number of hydrogen-bond donors (Lipinski definition) is 6. The number of aliphatic hydroxyl groups is 1. The second-order valence-corrected chi connectivity index (χ2v) is 21.2. The molecule has 2 aliphatic heterocycles. The number of carbonyl (C=O) groups excluding carboxylic acids is 5. The van der Waals surface area contributed by atoms with Gasteiger partial charge in [-0.1, -0.05) is 76.4 Å². The maximum atomic E-state index is 15.7. The smallest absolute Gasteiger partial charge is 0.326 e. The van der Waals surface area contributed by atoms with Crippen LogP contribution in [0.3, 0.4) is 0 Å². The van der Waals surface area contributed by atoms with Crippen LogP contribution < -0.4 is 25.0 Å². The first kappa shape index (κ1) is 50.4. The highest BCUT2D eigenvalue weighted by molar-refractivity contribution is 7.92. The van der Waals surface area contributed by atoms with Crippen LogP contribution in [0.4, 0.5) is 10.1 Å². The van der Waals surface area contributed by atoms with Crippen LogP contribution in [-0.4, -0.2) is 106 Å². The van der Waals surface area contributed by atoms with Gasteiger partial charge in [-0.25, -0.2) is 18.4 Å². The third-order valence-electron chi connectivity index (χ3n) is 12.3. The van der Waals surface area contributed by atoms with Gasteiger partial charge in [-0.2, -0.15) is 13.5 Å². The largest absolute Gasteiger partial charge is 0.506 e. The number of nitrogens with one attached hydrogen (secondary N) is 4. The SMILES string of the molecule is Cc1ncsc1-c1ccc(C(C)NC(=O)C2CC(O)CN2C(=O)C(NC(=O)CCCCCCCNC(=O)Cn2cc(-c3ccc4cc(O)c(N5CC(=O)NS5(=O)=O)c(F)c4c3)cn2)C(C)(C)C)cc1. The Hall–Kier alpha value is -6.45. The summed E-state index contributed by atoms with van der Waals surface area (Å²) in [6, 6.07) is 11.6. The molecular weight excluding hydrogens is 930 g/mol. The second-order valence-electron chi connectivity index (χ2n) is 18.7. The molecule has 2 aliphatic rings.